The Morgan fingerprint density at radius 2 is 1.82 bits per heavy atom. The first kappa shape index (κ1) is 18.3. The number of carbonyl (C=O) groups is 1. The minimum Gasteiger partial charge on any atom is -0.490 e. The van der Waals surface area contributed by atoms with Crippen molar-refractivity contribution < 1.29 is 19.0 Å². The quantitative estimate of drug-likeness (QED) is 0.672. The fraction of sp³-hybridized carbons (Fsp3) is 0.588. The lowest BCUT2D eigenvalue weighted by atomic mass is 9.99. The lowest BCUT2D eigenvalue weighted by molar-refractivity contribution is -0.142. The van der Waals surface area contributed by atoms with Crippen molar-refractivity contribution in [2.45, 2.75) is 33.6 Å². The normalized spacial score (nSPS) is 10.4. The molecular formula is C17H27NO4. The number of ether oxygens (including phenoxy) is 3. The molecule has 0 saturated heterocycles. The molecule has 1 rings (SSSR count). The van der Waals surface area contributed by atoms with Gasteiger partial charge in [-0.1, -0.05) is 6.07 Å². The van der Waals surface area contributed by atoms with Crippen molar-refractivity contribution in [2.24, 2.45) is 0 Å². The summed E-state index contributed by atoms with van der Waals surface area (Å²) in [5.41, 5.74) is 1.94. The molecule has 0 unspecified atom stereocenters. The van der Waals surface area contributed by atoms with Crippen LogP contribution >= 0.6 is 0 Å². The summed E-state index contributed by atoms with van der Waals surface area (Å²) >= 11 is 0. The van der Waals surface area contributed by atoms with E-state index in [2.05, 4.69) is 5.32 Å². The monoisotopic (exact) mass is 309 g/mol. The Bertz CT molecular complexity index is 474. The van der Waals surface area contributed by atoms with Gasteiger partial charge in [-0.3, -0.25) is 4.79 Å². The molecule has 0 aliphatic rings. The van der Waals surface area contributed by atoms with Crippen LogP contribution in [0, 0.1) is 0 Å². The number of benzene rings is 1. The van der Waals surface area contributed by atoms with Gasteiger partial charge in [-0.25, -0.2) is 0 Å². The summed E-state index contributed by atoms with van der Waals surface area (Å²) in [4.78, 5) is 11.8. The predicted molar refractivity (Wildman–Crippen MR) is 86.7 cm³/mol. The Hall–Kier alpha value is -1.75. The Morgan fingerprint density at radius 1 is 1.09 bits per heavy atom. The topological polar surface area (TPSA) is 56.8 Å². The molecule has 124 valence electrons. The van der Waals surface area contributed by atoms with E-state index in [0.717, 1.165) is 35.6 Å². The van der Waals surface area contributed by atoms with Crippen molar-refractivity contribution >= 4 is 5.97 Å². The van der Waals surface area contributed by atoms with Crippen molar-refractivity contribution in [3.63, 3.8) is 0 Å². The van der Waals surface area contributed by atoms with Gasteiger partial charge in [0.25, 0.3) is 0 Å². The number of hydrogen-bond acceptors (Lipinski definition) is 5. The first-order chi connectivity index (χ1) is 10.7. The van der Waals surface area contributed by atoms with Crippen molar-refractivity contribution in [3.8, 4) is 11.5 Å². The molecule has 0 heterocycles. The first-order valence-corrected chi connectivity index (χ1v) is 7.88. The third kappa shape index (κ3) is 5.22. The maximum absolute atomic E-state index is 11.8. The lowest BCUT2D eigenvalue weighted by Gasteiger charge is -2.18. The van der Waals surface area contributed by atoms with Gasteiger partial charge in [0.05, 0.1) is 26.2 Å². The average Bonchev–Trinajstić information content (AvgIpc) is 2.49. The molecule has 1 N–H and O–H groups in total. The Labute approximate surface area is 132 Å². The molecule has 1 aromatic carbocycles. The van der Waals surface area contributed by atoms with E-state index < -0.39 is 0 Å². The number of hydrogen-bond donors (Lipinski definition) is 1. The lowest BCUT2D eigenvalue weighted by Crippen LogP contribution is -2.15. The van der Waals surface area contributed by atoms with Crippen LogP contribution in [0.5, 0.6) is 11.5 Å². The molecule has 0 amide bonds. The van der Waals surface area contributed by atoms with Crippen LogP contribution in [0.3, 0.4) is 0 Å². The fourth-order valence-electron chi connectivity index (χ4n) is 2.28. The number of likely N-dealkylation sites (N-methyl/N-ethyl adjacent to an activating group) is 1. The van der Waals surface area contributed by atoms with Crippen molar-refractivity contribution in [2.75, 3.05) is 33.4 Å². The van der Waals surface area contributed by atoms with Crippen LogP contribution in [0.1, 0.15) is 31.9 Å². The van der Waals surface area contributed by atoms with Gasteiger partial charge >= 0.3 is 5.97 Å². The number of esters is 1. The zero-order valence-electron chi connectivity index (χ0n) is 14.0. The minimum absolute atomic E-state index is 0.222. The predicted octanol–water partition coefficient (Wildman–Crippen LogP) is 2.35. The fourth-order valence-corrected chi connectivity index (χ4v) is 2.28. The van der Waals surface area contributed by atoms with E-state index in [1.54, 1.807) is 0 Å². The Balaban J connectivity index is 3.17. The van der Waals surface area contributed by atoms with E-state index in [0.29, 0.717) is 19.8 Å². The van der Waals surface area contributed by atoms with E-state index in [1.165, 1.54) is 0 Å². The van der Waals surface area contributed by atoms with Crippen LogP contribution in [0.2, 0.25) is 0 Å². The van der Waals surface area contributed by atoms with Crippen molar-refractivity contribution in [3.05, 3.63) is 23.3 Å². The highest BCUT2D eigenvalue weighted by atomic mass is 16.5. The summed E-state index contributed by atoms with van der Waals surface area (Å²) in [5, 5.41) is 3.13. The number of nitrogens with one attached hydrogen (secondary N) is 1. The third-order valence-electron chi connectivity index (χ3n) is 3.18. The average molecular weight is 309 g/mol. The summed E-state index contributed by atoms with van der Waals surface area (Å²) in [6.45, 7) is 8.00. The van der Waals surface area contributed by atoms with E-state index in [9.17, 15) is 4.79 Å². The standard InChI is InChI=1S/C17H27NO4/c1-5-20-15-9-8-13(12-16(19)21-6-2)14(10-11-18-4)17(15)22-7-3/h8-9,18H,5-7,10-12H2,1-4H3. The van der Waals surface area contributed by atoms with Gasteiger partial charge in [-0.2, -0.15) is 0 Å². The molecule has 0 bridgehead atoms. The zero-order valence-corrected chi connectivity index (χ0v) is 14.0. The molecule has 1 aromatic rings. The summed E-state index contributed by atoms with van der Waals surface area (Å²) in [6, 6.07) is 3.79. The molecule has 0 saturated carbocycles. The number of carbonyl (C=O) groups excluding carboxylic acids is 1. The highest BCUT2D eigenvalue weighted by Gasteiger charge is 2.17. The summed E-state index contributed by atoms with van der Waals surface area (Å²) in [5.74, 6) is 1.24. The summed E-state index contributed by atoms with van der Waals surface area (Å²) in [6.07, 6.45) is 1.01. The second kappa shape index (κ2) is 10.1. The molecule has 0 atom stereocenters. The highest BCUT2D eigenvalue weighted by Crippen LogP contribution is 2.34. The summed E-state index contributed by atoms with van der Waals surface area (Å²) < 4.78 is 16.5. The van der Waals surface area contributed by atoms with Crippen LogP contribution in [0.15, 0.2) is 12.1 Å². The molecule has 0 aliphatic heterocycles. The molecule has 5 heteroatoms. The Morgan fingerprint density at radius 3 is 2.41 bits per heavy atom. The van der Waals surface area contributed by atoms with E-state index >= 15 is 0 Å². The first-order valence-electron chi connectivity index (χ1n) is 7.88. The van der Waals surface area contributed by atoms with Gasteiger partial charge in [0, 0.05) is 5.56 Å². The van der Waals surface area contributed by atoms with Crippen molar-refractivity contribution in [1.29, 1.82) is 0 Å². The maximum atomic E-state index is 11.8. The Kier molecular flexibility index (Phi) is 8.36. The number of rotatable bonds is 10. The largest absolute Gasteiger partial charge is 0.490 e. The van der Waals surface area contributed by atoms with Gasteiger partial charge in [-0.15, -0.1) is 0 Å². The molecular weight excluding hydrogens is 282 g/mol. The second-order valence-corrected chi connectivity index (χ2v) is 4.73. The van der Waals surface area contributed by atoms with Crippen LogP contribution in [-0.4, -0.2) is 39.4 Å². The minimum atomic E-state index is -0.222. The summed E-state index contributed by atoms with van der Waals surface area (Å²) in [7, 11) is 1.90. The van der Waals surface area contributed by atoms with E-state index in [4.69, 9.17) is 14.2 Å². The van der Waals surface area contributed by atoms with Crippen LogP contribution in [0.4, 0.5) is 0 Å². The third-order valence-corrected chi connectivity index (χ3v) is 3.18. The molecule has 0 fully saturated rings. The van der Waals surface area contributed by atoms with Gasteiger partial charge in [0.15, 0.2) is 11.5 Å². The molecule has 5 nitrogen and oxygen atoms in total. The van der Waals surface area contributed by atoms with Crippen LogP contribution in [0.25, 0.3) is 0 Å². The molecule has 0 radical (unpaired) electrons. The van der Waals surface area contributed by atoms with Gasteiger partial charge < -0.3 is 19.5 Å². The molecule has 0 aliphatic carbocycles. The maximum Gasteiger partial charge on any atom is 0.310 e. The molecule has 22 heavy (non-hydrogen) atoms. The zero-order chi connectivity index (χ0) is 16.4. The second-order valence-electron chi connectivity index (χ2n) is 4.73. The molecule has 0 spiro atoms. The molecule has 0 aromatic heterocycles. The van der Waals surface area contributed by atoms with E-state index in [-0.39, 0.29) is 12.4 Å². The van der Waals surface area contributed by atoms with Gasteiger partial charge in [0.1, 0.15) is 0 Å². The van der Waals surface area contributed by atoms with Crippen LogP contribution in [-0.2, 0) is 22.4 Å². The highest BCUT2D eigenvalue weighted by molar-refractivity contribution is 5.74. The SMILES string of the molecule is CCOC(=O)Cc1ccc(OCC)c(OCC)c1CCNC. The van der Waals surface area contributed by atoms with Crippen molar-refractivity contribution in [1.82, 2.24) is 5.32 Å². The smallest absolute Gasteiger partial charge is 0.310 e. The van der Waals surface area contributed by atoms with E-state index in [1.807, 2.05) is 40.0 Å². The van der Waals surface area contributed by atoms with Crippen LogP contribution < -0.4 is 14.8 Å². The van der Waals surface area contributed by atoms with Gasteiger partial charge in [-0.05, 0) is 52.4 Å². The van der Waals surface area contributed by atoms with Gasteiger partial charge in [0.2, 0.25) is 0 Å².